The van der Waals surface area contributed by atoms with E-state index in [1.54, 1.807) is 6.07 Å². The molecule has 0 unspecified atom stereocenters. The maximum Gasteiger partial charge on any atom is 0.253 e. The minimum atomic E-state index is -0.208. The molecule has 0 spiro atoms. The first-order valence-electron chi connectivity index (χ1n) is 4.13. The zero-order valence-corrected chi connectivity index (χ0v) is 8.64. The highest BCUT2D eigenvalue weighted by Crippen LogP contribution is 2.12. The Morgan fingerprint density at radius 3 is 3.00 bits per heavy atom. The summed E-state index contributed by atoms with van der Waals surface area (Å²) < 4.78 is 0. The van der Waals surface area contributed by atoms with E-state index in [0.29, 0.717) is 17.1 Å². The fourth-order valence-electron chi connectivity index (χ4n) is 0.886. The first-order valence-corrected chi connectivity index (χ1v) is 4.51. The van der Waals surface area contributed by atoms with Gasteiger partial charge in [0.25, 0.3) is 5.91 Å². The van der Waals surface area contributed by atoms with E-state index >= 15 is 0 Å². The summed E-state index contributed by atoms with van der Waals surface area (Å²) in [7, 11) is 0. The number of nitrogens with one attached hydrogen (secondary N) is 1. The van der Waals surface area contributed by atoms with E-state index in [2.05, 4.69) is 16.9 Å². The molecule has 1 aromatic heterocycles. The van der Waals surface area contributed by atoms with Crippen LogP contribution >= 0.6 is 11.6 Å². The Morgan fingerprint density at radius 2 is 2.43 bits per heavy atom. The van der Waals surface area contributed by atoms with Crippen LogP contribution in [0, 0.1) is 0 Å². The van der Waals surface area contributed by atoms with E-state index in [0.717, 1.165) is 5.57 Å². The van der Waals surface area contributed by atoms with E-state index in [4.69, 9.17) is 11.6 Å². The van der Waals surface area contributed by atoms with Gasteiger partial charge in [0.05, 0.1) is 10.6 Å². The van der Waals surface area contributed by atoms with Gasteiger partial charge in [-0.3, -0.25) is 9.78 Å². The largest absolute Gasteiger partial charge is 0.348 e. The zero-order valence-electron chi connectivity index (χ0n) is 7.88. The lowest BCUT2D eigenvalue weighted by Crippen LogP contribution is -2.25. The fraction of sp³-hybridized carbons (Fsp3) is 0.200. The molecule has 1 heterocycles. The molecule has 0 saturated heterocycles. The highest BCUT2D eigenvalue weighted by molar-refractivity contribution is 6.33. The maximum absolute atomic E-state index is 11.5. The van der Waals surface area contributed by atoms with Gasteiger partial charge in [-0.1, -0.05) is 23.8 Å². The topological polar surface area (TPSA) is 42.0 Å². The average Bonchev–Trinajstić information content (AvgIpc) is 2.15. The van der Waals surface area contributed by atoms with Gasteiger partial charge in [-0.05, 0) is 13.0 Å². The Kier molecular flexibility index (Phi) is 3.65. The summed E-state index contributed by atoms with van der Waals surface area (Å²) in [6.45, 7) is 5.98. The van der Waals surface area contributed by atoms with Gasteiger partial charge in [0, 0.05) is 18.9 Å². The van der Waals surface area contributed by atoms with Gasteiger partial charge in [0.15, 0.2) is 0 Å². The highest BCUT2D eigenvalue weighted by atomic mass is 35.5. The van der Waals surface area contributed by atoms with Gasteiger partial charge in [0.1, 0.15) is 0 Å². The van der Waals surface area contributed by atoms with Crippen LogP contribution in [0.1, 0.15) is 17.3 Å². The van der Waals surface area contributed by atoms with Crippen molar-refractivity contribution >= 4 is 17.5 Å². The molecule has 1 amide bonds. The number of hydrogen-bond donors (Lipinski definition) is 1. The summed E-state index contributed by atoms with van der Waals surface area (Å²) in [4.78, 5) is 15.3. The molecule has 1 aromatic rings. The van der Waals surface area contributed by atoms with Gasteiger partial charge in [-0.25, -0.2) is 0 Å². The van der Waals surface area contributed by atoms with E-state index in [1.807, 2.05) is 6.92 Å². The summed E-state index contributed by atoms with van der Waals surface area (Å²) in [6.07, 6.45) is 2.97. The summed E-state index contributed by atoms with van der Waals surface area (Å²) >= 11 is 5.79. The minimum absolute atomic E-state index is 0.208. The van der Waals surface area contributed by atoms with E-state index in [-0.39, 0.29) is 5.91 Å². The summed E-state index contributed by atoms with van der Waals surface area (Å²) in [5, 5.41) is 3.04. The Labute approximate surface area is 87.8 Å². The Balaban J connectivity index is 2.70. The molecule has 0 aliphatic heterocycles. The van der Waals surface area contributed by atoms with Crippen molar-refractivity contribution in [2.24, 2.45) is 0 Å². The van der Waals surface area contributed by atoms with Crippen molar-refractivity contribution in [2.75, 3.05) is 6.54 Å². The molecule has 0 fully saturated rings. The van der Waals surface area contributed by atoms with Crippen molar-refractivity contribution in [2.45, 2.75) is 6.92 Å². The van der Waals surface area contributed by atoms with Gasteiger partial charge < -0.3 is 5.32 Å². The number of nitrogens with zero attached hydrogens (tertiary/aromatic N) is 1. The third-order valence-electron chi connectivity index (χ3n) is 1.57. The van der Waals surface area contributed by atoms with Crippen LogP contribution < -0.4 is 5.32 Å². The average molecular weight is 211 g/mol. The summed E-state index contributed by atoms with van der Waals surface area (Å²) in [6, 6.07) is 1.58. The molecule has 0 radical (unpaired) electrons. The van der Waals surface area contributed by atoms with Crippen molar-refractivity contribution in [3.05, 3.63) is 41.2 Å². The molecule has 1 rings (SSSR count). The van der Waals surface area contributed by atoms with Crippen molar-refractivity contribution < 1.29 is 4.79 Å². The number of carbonyl (C=O) groups excluding carboxylic acids is 1. The first-order chi connectivity index (χ1) is 6.61. The number of pyridine rings is 1. The predicted octanol–water partition coefficient (Wildman–Crippen LogP) is 2.04. The normalized spacial score (nSPS) is 9.57. The molecule has 74 valence electrons. The number of aromatic nitrogens is 1. The predicted molar refractivity (Wildman–Crippen MR) is 56.4 cm³/mol. The molecule has 4 heteroatoms. The van der Waals surface area contributed by atoms with Crippen LogP contribution in [-0.4, -0.2) is 17.4 Å². The number of rotatable bonds is 3. The third-order valence-corrected chi connectivity index (χ3v) is 1.87. The minimum Gasteiger partial charge on any atom is -0.348 e. The number of hydrogen-bond acceptors (Lipinski definition) is 2. The molecule has 0 atom stereocenters. The molecule has 0 aliphatic rings. The van der Waals surface area contributed by atoms with Crippen LogP contribution in [-0.2, 0) is 0 Å². The van der Waals surface area contributed by atoms with Gasteiger partial charge in [0.2, 0.25) is 0 Å². The molecule has 1 N–H and O–H groups in total. The molecule has 0 saturated carbocycles. The van der Waals surface area contributed by atoms with E-state index < -0.39 is 0 Å². The van der Waals surface area contributed by atoms with Gasteiger partial charge in [-0.15, -0.1) is 0 Å². The molecule has 0 bridgehead atoms. The number of amides is 1. The fourth-order valence-corrected chi connectivity index (χ4v) is 1.09. The van der Waals surface area contributed by atoms with Crippen molar-refractivity contribution in [1.82, 2.24) is 10.3 Å². The second-order valence-electron chi connectivity index (χ2n) is 3.00. The standard InChI is InChI=1S/C10H11ClN2O/c1-7(2)5-13-10(14)8-3-4-12-6-9(8)11/h3-4,6H,1,5H2,2H3,(H,13,14). The zero-order chi connectivity index (χ0) is 10.6. The van der Waals surface area contributed by atoms with Crippen LogP contribution in [0.5, 0.6) is 0 Å². The quantitative estimate of drug-likeness (QED) is 0.776. The van der Waals surface area contributed by atoms with Crippen LogP contribution in [0.25, 0.3) is 0 Å². The molecule has 14 heavy (non-hydrogen) atoms. The van der Waals surface area contributed by atoms with Crippen molar-refractivity contribution in [3.63, 3.8) is 0 Å². The third kappa shape index (κ3) is 2.85. The number of carbonyl (C=O) groups is 1. The Morgan fingerprint density at radius 1 is 1.71 bits per heavy atom. The van der Waals surface area contributed by atoms with Crippen molar-refractivity contribution in [1.29, 1.82) is 0 Å². The molecule has 3 nitrogen and oxygen atoms in total. The lowest BCUT2D eigenvalue weighted by atomic mass is 10.2. The van der Waals surface area contributed by atoms with Gasteiger partial charge in [-0.2, -0.15) is 0 Å². The first kappa shape index (κ1) is 10.7. The molecular formula is C10H11ClN2O. The number of halogens is 1. The van der Waals surface area contributed by atoms with Crippen LogP contribution in [0.2, 0.25) is 5.02 Å². The second kappa shape index (κ2) is 4.77. The van der Waals surface area contributed by atoms with E-state index in [1.165, 1.54) is 12.4 Å². The molecule has 0 aromatic carbocycles. The van der Waals surface area contributed by atoms with Crippen LogP contribution in [0.15, 0.2) is 30.6 Å². The van der Waals surface area contributed by atoms with E-state index in [9.17, 15) is 4.79 Å². The monoisotopic (exact) mass is 210 g/mol. The van der Waals surface area contributed by atoms with Crippen molar-refractivity contribution in [3.8, 4) is 0 Å². The lowest BCUT2D eigenvalue weighted by Gasteiger charge is -2.05. The SMILES string of the molecule is C=C(C)CNC(=O)c1ccncc1Cl. The van der Waals surface area contributed by atoms with Crippen LogP contribution in [0.4, 0.5) is 0 Å². The Bertz CT molecular complexity index is 363. The van der Waals surface area contributed by atoms with Crippen LogP contribution in [0.3, 0.4) is 0 Å². The Hall–Kier alpha value is -1.35. The van der Waals surface area contributed by atoms with Gasteiger partial charge >= 0.3 is 0 Å². The highest BCUT2D eigenvalue weighted by Gasteiger charge is 2.08. The second-order valence-corrected chi connectivity index (χ2v) is 3.40. The molecule has 0 aliphatic carbocycles. The maximum atomic E-state index is 11.5. The smallest absolute Gasteiger partial charge is 0.253 e. The summed E-state index contributed by atoms with van der Waals surface area (Å²) in [5.41, 5.74) is 1.33. The lowest BCUT2D eigenvalue weighted by molar-refractivity contribution is 0.0957. The summed E-state index contributed by atoms with van der Waals surface area (Å²) in [5.74, 6) is -0.208. The molecular weight excluding hydrogens is 200 g/mol.